The third-order valence-electron chi connectivity index (χ3n) is 2.71. The van der Waals surface area contributed by atoms with Gasteiger partial charge in [0.15, 0.2) is 0 Å². The standard InChI is InChI=1S/C13H9BrIN3/c14-8-2-1-3-10(6-8)18-12-5-4-9(15)7-11(12)17-13(18)16/h1-7H,(H2,16,17). The number of benzene rings is 2. The van der Waals surface area contributed by atoms with Crippen LogP contribution in [-0.2, 0) is 0 Å². The molecule has 3 rings (SSSR count). The normalized spacial score (nSPS) is 11.0. The molecule has 0 radical (unpaired) electrons. The smallest absolute Gasteiger partial charge is 0.205 e. The Hall–Kier alpha value is -1.08. The van der Waals surface area contributed by atoms with E-state index in [4.69, 9.17) is 5.73 Å². The van der Waals surface area contributed by atoms with Crippen molar-refractivity contribution in [2.45, 2.75) is 0 Å². The van der Waals surface area contributed by atoms with E-state index in [-0.39, 0.29) is 0 Å². The van der Waals surface area contributed by atoms with Gasteiger partial charge in [-0.25, -0.2) is 4.98 Å². The van der Waals surface area contributed by atoms with E-state index >= 15 is 0 Å². The van der Waals surface area contributed by atoms with Gasteiger partial charge in [-0.3, -0.25) is 4.57 Å². The van der Waals surface area contributed by atoms with Crippen LogP contribution in [0.15, 0.2) is 46.9 Å². The average molecular weight is 414 g/mol. The van der Waals surface area contributed by atoms with Crippen LogP contribution in [0.1, 0.15) is 0 Å². The highest BCUT2D eigenvalue weighted by molar-refractivity contribution is 14.1. The van der Waals surface area contributed by atoms with E-state index in [0.29, 0.717) is 5.95 Å². The van der Waals surface area contributed by atoms with Crippen molar-refractivity contribution < 1.29 is 0 Å². The highest BCUT2D eigenvalue weighted by atomic mass is 127. The average Bonchev–Trinajstić information content (AvgIpc) is 2.64. The maximum atomic E-state index is 6.02. The van der Waals surface area contributed by atoms with Gasteiger partial charge in [-0.2, -0.15) is 0 Å². The van der Waals surface area contributed by atoms with E-state index in [1.165, 1.54) is 0 Å². The molecule has 1 aromatic heterocycles. The van der Waals surface area contributed by atoms with Crippen molar-refractivity contribution >= 4 is 55.5 Å². The van der Waals surface area contributed by atoms with Gasteiger partial charge in [-0.1, -0.05) is 22.0 Å². The molecular weight excluding hydrogens is 405 g/mol. The van der Waals surface area contributed by atoms with Crippen LogP contribution in [0.2, 0.25) is 0 Å². The van der Waals surface area contributed by atoms with Crippen molar-refractivity contribution in [3.8, 4) is 5.69 Å². The van der Waals surface area contributed by atoms with Crippen molar-refractivity contribution in [3.05, 3.63) is 50.5 Å². The number of aromatic nitrogens is 2. The molecule has 3 nitrogen and oxygen atoms in total. The van der Waals surface area contributed by atoms with E-state index in [1.54, 1.807) is 0 Å². The summed E-state index contributed by atoms with van der Waals surface area (Å²) in [6.07, 6.45) is 0. The Morgan fingerprint density at radius 3 is 2.78 bits per heavy atom. The Balaban J connectivity index is 2.32. The fraction of sp³-hybridized carbons (Fsp3) is 0. The Labute approximate surface area is 126 Å². The monoisotopic (exact) mass is 413 g/mol. The van der Waals surface area contributed by atoms with E-state index in [2.05, 4.69) is 49.6 Å². The first kappa shape index (κ1) is 12.0. The van der Waals surface area contributed by atoms with Crippen LogP contribution in [0.25, 0.3) is 16.7 Å². The fourth-order valence-electron chi connectivity index (χ4n) is 1.96. The fourth-order valence-corrected chi connectivity index (χ4v) is 2.82. The predicted octanol–water partition coefficient (Wildman–Crippen LogP) is 3.97. The number of halogens is 2. The summed E-state index contributed by atoms with van der Waals surface area (Å²) in [5, 5.41) is 0. The summed E-state index contributed by atoms with van der Waals surface area (Å²) in [7, 11) is 0. The summed E-state index contributed by atoms with van der Waals surface area (Å²) in [5.41, 5.74) is 8.96. The summed E-state index contributed by atoms with van der Waals surface area (Å²) >= 11 is 5.74. The van der Waals surface area contributed by atoms with Crippen LogP contribution < -0.4 is 5.73 Å². The minimum absolute atomic E-state index is 0.505. The maximum absolute atomic E-state index is 6.02. The molecule has 18 heavy (non-hydrogen) atoms. The highest BCUT2D eigenvalue weighted by Crippen LogP contribution is 2.25. The molecule has 1 heterocycles. The number of imidazole rings is 1. The zero-order chi connectivity index (χ0) is 12.7. The Morgan fingerprint density at radius 2 is 2.00 bits per heavy atom. The summed E-state index contributed by atoms with van der Waals surface area (Å²) in [6, 6.07) is 14.1. The van der Waals surface area contributed by atoms with Gasteiger partial charge >= 0.3 is 0 Å². The quantitative estimate of drug-likeness (QED) is 0.613. The second kappa shape index (κ2) is 4.55. The number of anilines is 1. The minimum atomic E-state index is 0.505. The molecule has 5 heteroatoms. The van der Waals surface area contributed by atoms with Crippen LogP contribution in [0.4, 0.5) is 5.95 Å². The first-order valence-corrected chi connectivity index (χ1v) is 7.22. The molecule has 0 aliphatic heterocycles. The van der Waals surface area contributed by atoms with Crippen LogP contribution in [0.3, 0.4) is 0 Å². The maximum Gasteiger partial charge on any atom is 0.205 e. The SMILES string of the molecule is Nc1nc2cc(I)ccc2n1-c1cccc(Br)c1. The van der Waals surface area contributed by atoms with E-state index in [1.807, 2.05) is 41.0 Å². The van der Waals surface area contributed by atoms with E-state index in [0.717, 1.165) is 24.8 Å². The van der Waals surface area contributed by atoms with Crippen molar-refractivity contribution in [3.63, 3.8) is 0 Å². The van der Waals surface area contributed by atoms with Gasteiger partial charge in [0.05, 0.1) is 16.7 Å². The number of fused-ring (bicyclic) bond motifs is 1. The van der Waals surface area contributed by atoms with Gasteiger partial charge in [0.25, 0.3) is 0 Å². The van der Waals surface area contributed by atoms with Crippen LogP contribution in [0.5, 0.6) is 0 Å². The highest BCUT2D eigenvalue weighted by Gasteiger charge is 2.10. The molecule has 0 amide bonds. The second-order valence-electron chi connectivity index (χ2n) is 3.92. The summed E-state index contributed by atoms with van der Waals surface area (Å²) in [5.74, 6) is 0.505. The third kappa shape index (κ3) is 2.01. The lowest BCUT2D eigenvalue weighted by atomic mass is 10.3. The summed E-state index contributed by atoms with van der Waals surface area (Å²) in [4.78, 5) is 4.40. The lowest BCUT2D eigenvalue weighted by molar-refractivity contribution is 1.11. The first-order chi connectivity index (χ1) is 8.65. The Morgan fingerprint density at radius 1 is 1.17 bits per heavy atom. The second-order valence-corrected chi connectivity index (χ2v) is 6.08. The largest absolute Gasteiger partial charge is 0.369 e. The number of rotatable bonds is 1. The Kier molecular flexibility index (Phi) is 3.03. The number of nitrogen functional groups attached to an aromatic ring is 1. The van der Waals surface area contributed by atoms with Gasteiger partial charge in [-0.05, 0) is 59.0 Å². The first-order valence-electron chi connectivity index (χ1n) is 5.34. The zero-order valence-electron chi connectivity index (χ0n) is 9.27. The van der Waals surface area contributed by atoms with Gasteiger partial charge in [0.1, 0.15) is 0 Å². The van der Waals surface area contributed by atoms with Gasteiger partial charge < -0.3 is 5.73 Å². The molecule has 0 saturated heterocycles. The molecule has 90 valence electrons. The predicted molar refractivity (Wildman–Crippen MR) is 85.9 cm³/mol. The molecule has 0 bridgehead atoms. The molecule has 0 fully saturated rings. The van der Waals surface area contributed by atoms with Gasteiger partial charge in [0, 0.05) is 8.04 Å². The molecule has 0 unspecified atom stereocenters. The van der Waals surface area contributed by atoms with Crippen molar-refractivity contribution in [2.24, 2.45) is 0 Å². The van der Waals surface area contributed by atoms with Gasteiger partial charge in [0.2, 0.25) is 5.95 Å². The lowest BCUT2D eigenvalue weighted by Gasteiger charge is -2.06. The van der Waals surface area contributed by atoms with E-state index in [9.17, 15) is 0 Å². The summed E-state index contributed by atoms with van der Waals surface area (Å²) < 4.78 is 4.13. The lowest BCUT2D eigenvalue weighted by Crippen LogP contribution is -2.00. The molecule has 3 aromatic rings. The summed E-state index contributed by atoms with van der Waals surface area (Å²) in [6.45, 7) is 0. The molecule has 2 N–H and O–H groups in total. The van der Waals surface area contributed by atoms with Crippen LogP contribution >= 0.6 is 38.5 Å². The molecular formula is C13H9BrIN3. The molecule has 0 saturated carbocycles. The molecule has 0 atom stereocenters. The van der Waals surface area contributed by atoms with Crippen LogP contribution in [0, 0.1) is 3.57 Å². The minimum Gasteiger partial charge on any atom is -0.369 e. The number of hydrogen-bond acceptors (Lipinski definition) is 2. The molecule has 0 spiro atoms. The topological polar surface area (TPSA) is 43.8 Å². The molecule has 0 aliphatic rings. The zero-order valence-corrected chi connectivity index (χ0v) is 13.0. The number of nitrogens with two attached hydrogens (primary N) is 1. The number of hydrogen-bond donors (Lipinski definition) is 1. The van der Waals surface area contributed by atoms with E-state index < -0.39 is 0 Å². The van der Waals surface area contributed by atoms with Gasteiger partial charge in [-0.15, -0.1) is 0 Å². The molecule has 0 aliphatic carbocycles. The Bertz CT molecular complexity index is 736. The van der Waals surface area contributed by atoms with Crippen molar-refractivity contribution in [1.82, 2.24) is 9.55 Å². The van der Waals surface area contributed by atoms with Crippen LogP contribution in [-0.4, -0.2) is 9.55 Å². The third-order valence-corrected chi connectivity index (χ3v) is 3.87. The van der Waals surface area contributed by atoms with Crippen molar-refractivity contribution in [1.29, 1.82) is 0 Å². The van der Waals surface area contributed by atoms with Crippen molar-refractivity contribution in [2.75, 3.05) is 5.73 Å². The molecule has 2 aromatic carbocycles. The number of nitrogens with zero attached hydrogens (tertiary/aromatic N) is 2.